The van der Waals surface area contributed by atoms with Gasteiger partial charge in [0.1, 0.15) is 5.69 Å². The van der Waals surface area contributed by atoms with Crippen molar-refractivity contribution in [3.05, 3.63) is 47.8 Å². The van der Waals surface area contributed by atoms with Gasteiger partial charge >= 0.3 is 0 Å². The van der Waals surface area contributed by atoms with E-state index >= 15 is 0 Å². The van der Waals surface area contributed by atoms with Crippen molar-refractivity contribution in [1.82, 2.24) is 14.7 Å². The quantitative estimate of drug-likeness (QED) is 0.911. The topological polar surface area (TPSA) is 41.3 Å². The zero-order valence-electron chi connectivity index (χ0n) is 11.4. The summed E-state index contributed by atoms with van der Waals surface area (Å²) in [7, 11) is 1.85. The minimum Gasteiger partial charge on any atom is -0.395 e. The molecule has 1 unspecified atom stereocenters. The normalized spacial score (nSPS) is 12.9. The van der Waals surface area contributed by atoms with Crippen LogP contribution in [-0.2, 0) is 6.54 Å². The van der Waals surface area contributed by atoms with E-state index in [1.54, 1.807) is 6.07 Å². The Morgan fingerprint density at radius 1 is 1.30 bits per heavy atom. The average Bonchev–Trinajstić information content (AvgIpc) is 2.85. The molecule has 0 aliphatic carbocycles. The van der Waals surface area contributed by atoms with Gasteiger partial charge in [0.05, 0.1) is 12.3 Å². The summed E-state index contributed by atoms with van der Waals surface area (Å²) in [5, 5.41) is 13.2. The third kappa shape index (κ3) is 3.02. The van der Waals surface area contributed by atoms with E-state index in [-0.39, 0.29) is 18.3 Å². The van der Waals surface area contributed by atoms with Gasteiger partial charge in [-0.2, -0.15) is 5.10 Å². The molecule has 6 heteroatoms. The van der Waals surface area contributed by atoms with E-state index in [2.05, 4.69) is 5.10 Å². The molecule has 0 aliphatic heterocycles. The Bertz CT molecular complexity index is 565. The molecule has 108 valence electrons. The van der Waals surface area contributed by atoms with Gasteiger partial charge in [0.15, 0.2) is 11.6 Å². The predicted molar refractivity (Wildman–Crippen MR) is 71.5 cm³/mol. The molecule has 0 bridgehead atoms. The highest BCUT2D eigenvalue weighted by Gasteiger charge is 2.14. The Labute approximate surface area is 116 Å². The molecule has 20 heavy (non-hydrogen) atoms. The fourth-order valence-corrected chi connectivity index (χ4v) is 1.83. The molecular weight excluding hydrogens is 264 g/mol. The van der Waals surface area contributed by atoms with Gasteiger partial charge in [0.25, 0.3) is 0 Å². The van der Waals surface area contributed by atoms with Crippen LogP contribution in [0, 0.1) is 11.6 Å². The zero-order chi connectivity index (χ0) is 14.7. The highest BCUT2D eigenvalue weighted by molar-refractivity contribution is 5.34. The predicted octanol–water partition coefficient (Wildman–Crippen LogP) is 1.96. The Balaban J connectivity index is 2.21. The first-order valence-corrected chi connectivity index (χ1v) is 6.33. The SMILES string of the molecule is CC(CO)N(C)Cc1ccn(-c2c(F)cccc2F)n1. The summed E-state index contributed by atoms with van der Waals surface area (Å²) in [6, 6.07) is 5.40. The second-order valence-electron chi connectivity index (χ2n) is 4.77. The van der Waals surface area contributed by atoms with Gasteiger partial charge in [-0.05, 0) is 32.2 Å². The van der Waals surface area contributed by atoms with Gasteiger partial charge in [-0.25, -0.2) is 13.5 Å². The Hall–Kier alpha value is -1.79. The van der Waals surface area contributed by atoms with E-state index < -0.39 is 11.6 Å². The van der Waals surface area contributed by atoms with Gasteiger partial charge in [-0.3, -0.25) is 4.90 Å². The lowest BCUT2D eigenvalue weighted by atomic mass is 10.3. The highest BCUT2D eigenvalue weighted by atomic mass is 19.1. The van der Waals surface area contributed by atoms with Crippen molar-refractivity contribution < 1.29 is 13.9 Å². The van der Waals surface area contributed by atoms with E-state index in [4.69, 9.17) is 5.11 Å². The fraction of sp³-hybridized carbons (Fsp3) is 0.357. The molecule has 0 saturated heterocycles. The van der Waals surface area contributed by atoms with Crippen LogP contribution in [0.4, 0.5) is 8.78 Å². The van der Waals surface area contributed by atoms with Crippen molar-refractivity contribution in [2.45, 2.75) is 19.5 Å². The minimum absolute atomic E-state index is 0.00894. The molecule has 0 aliphatic rings. The molecule has 1 aromatic heterocycles. The van der Waals surface area contributed by atoms with E-state index in [0.717, 1.165) is 0 Å². The zero-order valence-corrected chi connectivity index (χ0v) is 11.4. The first-order valence-electron chi connectivity index (χ1n) is 6.33. The number of para-hydroxylation sites is 1. The Kier molecular flexibility index (Phi) is 4.46. The lowest BCUT2D eigenvalue weighted by Gasteiger charge is -2.21. The van der Waals surface area contributed by atoms with Gasteiger partial charge in [0, 0.05) is 18.8 Å². The standard InChI is InChI=1S/C14H17F2N3O/c1-10(9-20)18(2)8-11-6-7-19(17-11)14-12(15)4-3-5-13(14)16/h3-7,10,20H,8-9H2,1-2H3. The van der Waals surface area contributed by atoms with Crippen LogP contribution in [0.25, 0.3) is 5.69 Å². The molecule has 1 atom stereocenters. The molecule has 0 spiro atoms. The summed E-state index contributed by atoms with van der Waals surface area (Å²) in [4.78, 5) is 1.91. The fourth-order valence-electron chi connectivity index (χ4n) is 1.83. The van der Waals surface area contributed by atoms with Gasteiger partial charge in [0.2, 0.25) is 0 Å². The molecule has 2 rings (SSSR count). The number of aromatic nitrogens is 2. The number of rotatable bonds is 5. The molecule has 0 radical (unpaired) electrons. The first-order chi connectivity index (χ1) is 9.52. The average molecular weight is 281 g/mol. The maximum absolute atomic E-state index is 13.6. The second-order valence-corrected chi connectivity index (χ2v) is 4.77. The summed E-state index contributed by atoms with van der Waals surface area (Å²) >= 11 is 0. The third-order valence-electron chi connectivity index (χ3n) is 3.24. The van der Waals surface area contributed by atoms with Crippen LogP contribution in [0.3, 0.4) is 0 Å². The van der Waals surface area contributed by atoms with Crippen molar-refractivity contribution in [1.29, 1.82) is 0 Å². The largest absolute Gasteiger partial charge is 0.395 e. The van der Waals surface area contributed by atoms with Gasteiger partial charge < -0.3 is 5.11 Å². The molecule has 0 amide bonds. The lowest BCUT2D eigenvalue weighted by Crippen LogP contribution is -2.31. The Morgan fingerprint density at radius 2 is 1.95 bits per heavy atom. The first kappa shape index (κ1) is 14.6. The van der Waals surface area contributed by atoms with Crippen molar-refractivity contribution in [2.24, 2.45) is 0 Å². The van der Waals surface area contributed by atoms with Crippen LogP contribution in [0.15, 0.2) is 30.5 Å². The van der Waals surface area contributed by atoms with E-state index in [1.807, 2.05) is 18.9 Å². The van der Waals surface area contributed by atoms with Crippen molar-refractivity contribution in [2.75, 3.05) is 13.7 Å². The number of halogens is 2. The minimum atomic E-state index is -0.656. The summed E-state index contributed by atoms with van der Waals surface area (Å²) in [6.45, 7) is 2.41. The molecule has 4 nitrogen and oxygen atoms in total. The summed E-state index contributed by atoms with van der Waals surface area (Å²) in [6.07, 6.45) is 1.52. The number of likely N-dealkylation sites (N-methyl/N-ethyl adjacent to an activating group) is 1. The van der Waals surface area contributed by atoms with Crippen molar-refractivity contribution in [3.8, 4) is 5.69 Å². The van der Waals surface area contributed by atoms with Crippen LogP contribution >= 0.6 is 0 Å². The molecular formula is C14H17F2N3O. The van der Waals surface area contributed by atoms with E-state index in [0.29, 0.717) is 12.2 Å². The molecule has 1 N–H and O–H groups in total. The van der Waals surface area contributed by atoms with Crippen LogP contribution in [0.5, 0.6) is 0 Å². The number of aliphatic hydroxyl groups is 1. The third-order valence-corrected chi connectivity index (χ3v) is 3.24. The van der Waals surface area contributed by atoms with Crippen molar-refractivity contribution in [3.63, 3.8) is 0 Å². The summed E-state index contributed by atoms with van der Waals surface area (Å²) in [5.41, 5.74) is 0.493. The van der Waals surface area contributed by atoms with Crippen LogP contribution in [0.2, 0.25) is 0 Å². The number of aliphatic hydroxyl groups excluding tert-OH is 1. The monoisotopic (exact) mass is 281 g/mol. The molecule has 1 aromatic carbocycles. The maximum Gasteiger partial charge on any atom is 0.151 e. The van der Waals surface area contributed by atoms with Gasteiger partial charge in [-0.15, -0.1) is 0 Å². The summed E-state index contributed by atoms with van der Waals surface area (Å²) < 4.78 is 28.5. The Morgan fingerprint density at radius 3 is 2.55 bits per heavy atom. The molecule has 0 saturated carbocycles. The number of nitrogens with zero attached hydrogens (tertiary/aromatic N) is 3. The number of hydrogen-bond acceptors (Lipinski definition) is 3. The molecule has 2 aromatic rings. The molecule has 1 heterocycles. The molecule has 0 fully saturated rings. The number of benzene rings is 1. The van der Waals surface area contributed by atoms with Gasteiger partial charge in [-0.1, -0.05) is 6.07 Å². The smallest absolute Gasteiger partial charge is 0.151 e. The maximum atomic E-state index is 13.6. The van der Waals surface area contributed by atoms with Crippen LogP contribution in [-0.4, -0.2) is 39.5 Å². The summed E-state index contributed by atoms with van der Waals surface area (Å²) in [5.74, 6) is -1.31. The van der Waals surface area contributed by atoms with Crippen LogP contribution in [0.1, 0.15) is 12.6 Å². The second kappa shape index (κ2) is 6.11. The van der Waals surface area contributed by atoms with E-state index in [1.165, 1.54) is 29.1 Å². The van der Waals surface area contributed by atoms with E-state index in [9.17, 15) is 8.78 Å². The highest BCUT2D eigenvalue weighted by Crippen LogP contribution is 2.17. The number of hydrogen-bond donors (Lipinski definition) is 1. The lowest BCUT2D eigenvalue weighted by molar-refractivity contribution is 0.152. The van der Waals surface area contributed by atoms with Crippen LogP contribution < -0.4 is 0 Å². The van der Waals surface area contributed by atoms with Crippen molar-refractivity contribution >= 4 is 0 Å².